The molecule has 0 fully saturated rings. The van der Waals surface area contributed by atoms with Crippen molar-refractivity contribution in [2.24, 2.45) is 0 Å². The molecule has 0 saturated carbocycles. The number of benzene rings is 1. The van der Waals surface area contributed by atoms with Crippen molar-refractivity contribution in [2.75, 3.05) is 19.4 Å². The highest BCUT2D eigenvalue weighted by Crippen LogP contribution is 2.32. The average molecular weight is 416 g/mol. The Balaban J connectivity index is 1.75. The van der Waals surface area contributed by atoms with E-state index in [1.54, 1.807) is 6.92 Å². The van der Waals surface area contributed by atoms with E-state index in [9.17, 15) is 14.4 Å². The first-order chi connectivity index (χ1) is 13.9. The fourth-order valence-electron chi connectivity index (χ4n) is 3.45. The summed E-state index contributed by atoms with van der Waals surface area (Å²) >= 11 is 0.971. The fourth-order valence-corrected chi connectivity index (χ4v) is 4.46. The molecule has 0 spiro atoms. The van der Waals surface area contributed by atoms with Crippen LogP contribution in [0.4, 0.5) is 5.00 Å². The maximum absolute atomic E-state index is 12.4. The maximum Gasteiger partial charge on any atom is 0.341 e. The van der Waals surface area contributed by atoms with E-state index in [0.29, 0.717) is 0 Å². The lowest BCUT2D eigenvalue weighted by molar-refractivity contribution is -0.144. The molecule has 2 aromatic rings. The van der Waals surface area contributed by atoms with Crippen LogP contribution in [0.1, 0.15) is 55.6 Å². The normalized spacial score (nSPS) is 12.3. The molecular formula is C21H24N2O5S. The zero-order valence-electron chi connectivity index (χ0n) is 16.5. The number of fused-ring (bicyclic) bond motifs is 1. The molecule has 0 atom stereocenters. The molecule has 8 heteroatoms. The molecule has 1 aromatic heterocycles. The number of amides is 1. The monoisotopic (exact) mass is 416 g/mol. The van der Waals surface area contributed by atoms with Crippen molar-refractivity contribution in [3.05, 3.63) is 50.9 Å². The third-order valence-corrected chi connectivity index (χ3v) is 5.90. The molecule has 1 aromatic carbocycles. The van der Waals surface area contributed by atoms with E-state index in [1.807, 2.05) is 12.1 Å². The van der Waals surface area contributed by atoms with Crippen molar-refractivity contribution in [3.63, 3.8) is 0 Å². The molecular weight excluding hydrogens is 392 g/mol. The van der Waals surface area contributed by atoms with Crippen molar-refractivity contribution in [1.29, 1.82) is 0 Å². The first kappa shape index (κ1) is 20.9. The van der Waals surface area contributed by atoms with Crippen LogP contribution in [0, 0.1) is 0 Å². The standard InChI is InChI=1S/C21H24N2O5S/c1-3-27-21(26)17-15(18(20(25)23-2)29-19(17)22)11-28-16(24)10-12-7-8-13-5-4-6-14(13)9-12/h7-9H,3-6,10-11,22H2,1-2H3,(H,23,25). The molecule has 1 aliphatic carbocycles. The SMILES string of the molecule is CCOC(=O)c1c(N)sc(C(=O)NC)c1COC(=O)Cc1ccc2c(c1)CCC2. The molecule has 3 rings (SSSR count). The van der Waals surface area contributed by atoms with Crippen LogP contribution in [0.5, 0.6) is 0 Å². The van der Waals surface area contributed by atoms with E-state index >= 15 is 0 Å². The maximum atomic E-state index is 12.4. The van der Waals surface area contributed by atoms with Crippen LogP contribution in [0.25, 0.3) is 0 Å². The summed E-state index contributed by atoms with van der Waals surface area (Å²) in [7, 11) is 1.48. The highest BCUT2D eigenvalue weighted by molar-refractivity contribution is 7.18. The zero-order valence-corrected chi connectivity index (χ0v) is 17.3. The molecule has 29 heavy (non-hydrogen) atoms. The van der Waals surface area contributed by atoms with Crippen LogP contribution in [0.3, 0.4) is 0 Å². The van der Waals surface area contributed by atoms with Gasteiger partial charge in [-0.05, 0) is 42.9 Å². The number of anilines is 1. The van der Waals surface area contributed by atoms with Gasteiger partial charge >= 0.3 is 11.9 Å². The summed E-state index contributed by atoms with van der Waals surface area (Å²) in [5.74, 6) is -1.48. The number of nitrogen functional groups attached to an aromatic ring is 1. The summed E-state index contributed by atoms with van der Waals surface area (Å²) in [6.07, 6.45) is 3.38. The van der Waals surface area contributed by atoms with E-state index in [2.05, 4.69) is 11.4 Å². The van der Waals surface area contributed by atoms with E-state index in [-0.39, 0.29) is 40.6 Å². The van der Waals surface area contributed by atoms with Crippen molar-refractivity contribution < 1.29 is 23.9 Å². The van der Waals surface area contributed by atoms with Crippen LogP contribution in [0.15, 0.2) is 18.2 Å². The first-order valence-electron chi connectivity index (χ1n) is 9.51. The minimum atomic E-state index is -0.638. The number of nitrogens with one attached hydrogen (secondary N) is 1. The summed E-state index contributed by atoms with van der Waals surface area (Å²) < 4.78 is 10.4. The molecule has 0 unspecified atom stereocenters. The largest absolute Gasteiger partial charge is 0.462 e. The van der Waals surface area contributed by atoms with Gasteiger partial charge in [-0.15, -0.1) is 11.3 Å². The van der Waals surface area contributed by atoms with Gasteiger partial charge in [0.15, 0.2) is 0 Å². The number of hydrogen-bond donors (Lipinski definition) is 2. The van der Waals surface area contributed by atoms with Crippen molar-refractivity contribution >= 4 is 34.2 Å². The Bertz CT molecular complexity index is 951. The van der Waals surface area contributed by atoms with Crippen molar-refractivity contribution in [3.8, 4) is 0 Å². The lowest BCUT2D eigenvalue weighted by Crippen LogP contribution is -2.20. The van der Waals surface area contributed by atoms with E-state index < -0.39 is 17.8 Å². The molecule has 0 saturated heterocycles. The van der Waals surface area contributed by atoms with Gasteiger partial charge in [-0.25, -0.2) is 4.79 Å². The minimum Gasteiger partial charge on any atom is -0.462 e. The lowest BCUT2D eigenvalue weighted by atomic mass is 10.0. The Hall–Kier alpha value is -2.87. The van der Waals surface area contributed by atoms with Gasteiger partial charge in [-0.2, -0.15) is 0 Å². The van der Waals surface area contributed by atoms with Gasteiger partial charge in [0.1, 0.15) is 22.0 Å². The average Bonchev–Trinajstić information content (AvgIpc) is 3.29. The number of esters is 2. The Morgan fingerprint density at radius 1 is 1.17 bits per heavy atom. The Morgan fingerprint density at radius 2 is 1.93 bits per heavy atom. The van der Waals surface area contributed by atoms with Crippen LogP contribution in [-0.2, 0) is 40.1 Å². The van der Waals surface area contributed by atoms with Gasteiger partial charge in [-0.3, -0.25) is 9.59 Å². The van der Waals surface area contributed by atoms with Gasteiger partial charge in [0.25, 0.3) is 5.91 Å². The summed E-state index contributed by atoms with van der Waals surface area (Å²) in [6, 6.07) is 6.05. The summed E-state index contributed by atoms with van der Waals surface area (Å²) in [6.45, 7) is 1.62. The van der Waals surface area contributed by atoms with Gasteiger partial charge in [0, 0.05) is 12.6 Å². The third kappa shape index (κ3) is 4.59. The van der Waals surface area contributed by atoms with Gasteiger partial charge in [0.05, 0.1) is 13.0 Å². The highest BCUT2D eigenvalue weighted by atomic mass is 32.1. The second-order valence-electron chi connectivity index (χ2n) is 6.74. The summed E-state index contributed by atoms with van der Waals surface area (Å²) in [5.41, 5.74) is 9.81. The van der Waals surface area contributed by atoms with Gasteiger partial charge in [0.2, 0.25) is 0 Å². The fraction of sp³-hybridized carbons (Fsp3) is 0.381. The Morgan fingerprint density at radius 3 is 2.66 bits per heavy atom. The molecule has 1 heterocycles. The minimum absolute atomic E-state index is 0.0841. The number of hydrogen-bond acceptors (Lipinski definition) is 7. The second-order valence-corrected chi connectivity index (χ2v) is 7.79. The predicted molar refractivity (Wildman–Crippen MR) is 110 cm³/mol. The van der Waals surface area contributed by atoms with Crippen LogP contribution in [0.2, 0.25) is 0 Å². The number of aryl methyl sites for hydroxylation is 2. The molecule has 7 nitrogen and oxygen atoms in total. The Labute approximate surface area is 173 Å². The molecule has 154 valence electrons. The zero-order chi connectivity index (χ0) is 21.0. The molecule has 1 aliphatic rings. The van der Waals surface area contributed by atoms with Crippen LogP contribution >= 0.6 is 11.3 Å². The molecule has 3 N–H and O–H groups in total. The summed E-state index contributed by atoms with van der Waals surface area (Å²) in [4.78, 5) is 37.1. The number of rotatable bonds is 7. The molecule has 1 amide bonds. The third-order valence-electron chi connectivity index (χ3n) is 4.84. The topological polar surface area (TPSA) is 108 Å². The quantitative estimate of drug-likeness (QED) is 0.672. The lowest BCUT2D eigenvalue weighted by Gasteiger charge is -2.09. The highest BCUT2D eigenvalue weighted by Gasteiger charge is 2.27. The van der Waals surface area contributed by atoms with Crippen molar-refractivity contribution in [1.82, 2.24) is 5.32 Å². The predicted octanol–water partition coefficient (Wildman–Crippen LogP) is 2.64. The van der Waals surface area contributed by atoms with Gasteiger partial charge in [-0.1, -0.05) is 18.2 Å². The van der Waals surface area contributed by atoms with E-state index in [0.717, 1.165) is 36.2 Å². The molecule has 0 bridgehead atoms. The molecule has 0 aliphatic heterocycles. The van der Waals surface area contributed by atoms with Gasteiger partial charge < -0.3 is 20.5 Å². The molecule has 0 radical (unpaired) electrons. The Kier molecular flexibility index (Phi) is 6.53. The number of nitrogens with two attached hydrogens (primary N) is 1. The second kappa shape index (κ2) is 9.09. The van der Waals surface area contributed by atoms with Crippen LogP contribution in [-0.4, -0.2) is 31.5 Å². The number of carbonyl (C=O) groups is 3. The van der Waals surface area contributed by atoms with Crippen molar-refractivity contribution in [2.45, 2.75) is 39.2 Å². The number of thiophene rings is 1. The summed E-state index contributed by atoms with van der Waals surface area (Å²) in [5, 5.41) is 2.67. The van der Waals surface area contributed by atoms with Crippen LogP contribution < -0.4 is 11.1 Å². The number of ether oxygens (including phenoxy) is 2. The van der Waals surface area contributed by atoms with E-state index in [1.165, 1.54) is 18.2 Å². The van der Waals surface area contributed by atoms with E-state index in [4.69, 9.17) is 15.2 Å². The number of carbonyl (C=O) groups excluding carboxylic acids is 3. The smallest absolute Gasteiger partial charge is 0.341 e. The first-order valence-corrected chi connectivity index (χ1v) is 10.3.